The van der Waals surface area contributed by atoms with Crippen LogP contribution in [-0.2, 0) is 6.42 Å². The molecule has 0 aliphatic heterocycles. The Hall–Kier alpha value is -1.19. The van der Waals surface area contributed by atoms with Crippen LogP contribution >= 0.6 is 27.5 Å². The number of hydrogen-bond donors (Lipinski definition) is 0. The molecule has 0 spiro atoms. The summed E-state index contributed by atoms with van der Waals surface area (Å²) >= 11 is 10.0. The van der Waals surface area contributed by atoms with Crippen molar-refractivity contribution >= 4 is 27.5 Å². The van der Waals surface area contributed by atoms with Gasteiger partial charge in [-0.1, -0.05) is 34.1 Å². The van der Waals surface area contributed by atoms with E-state index in [1.54, 1.807) is 14.2 Å². The fourth-order valence-corrected chi connectivity index (χ4v) is 2.78. The van der Waals surface area contributed by atoms with Crippen LogP contribution in [0.3, 0.4) is 0 Å². The Kier molecular flexibility index (Phi) is 5.32. The average molecular weight is 356 g/mol. The molecule has 0 heterocycles. The zero-order valence-corrected chi connectivity index (χ0v) is 13.7. The number of benzene rings is 2. The lowest BCUT2D eigenvalue weighted by Crippen LogP contribution is -2.02. The van der Waals surface area contributed by atoms with Gasteiger partial charge >= 0.3 is 0 Å². The van der Waals surface area contributed by atoms with Crippen LogP contribution < -0.4 is 9.47 Å². The van der Waals surface area contributed by atoms with Crippen LogP contribution in [0.4, 0.5) is 0 Å². The lowest BCUT2D eigenvalue weighted by molar-refractivity contribution is 0.384. The van der Waals surface area contributed by atoms with Crippen LogP contribution in [0, 0.1) is 0 Å². The molecule has 0 amide bonds. The van der Waals surface area contributed by atoms with E-state index in [9.17, 15) is 0 Å². The minimum atomic E-state index is -0.206. The summed E-state index contributed by atoms with van der Waals surface area (Å²) in [7, 11) is 3.28. The van der Waals surface area contributed by atoms with Gasteiger partial charge in [-0.25, -0.2) is 0 Å². The summed E-state index contributed by atoms with van der Waals surface area (Å²) in [6.45, 7) is 0. The molecule has 2 aromatic rings. The minimum Gasteiger partial charge on any atom is -0.496 e. The van der Waals surface area contributed by atoms with Crippen molar-refractivity contribution in [2.24, 2.45) is 0 Å². The van der Waals surface area contributed by atoms with Gasteiger partial charge in [0.25, 0.3) is 0 Å². The monoisotopic (exact) mass is 354 g/mol. The van der Waals surface area contributed by atoms with Crippen LogP contribution in [-0.4, -0.2) is 14.2 Å². The SMILES string of the molecule is COc1cccc(OC)c1C(Cl)Cc1ccc(Br)cc1. The van der Waals surface area contributed by atoms with E-state index in [0.29, 0.717) is 6.42 Å². The van der Waals surface area contributed by atoms with Crippen molar-refractivity contribution in [3.8, 4) is 11.5 Å². The molecule has 0 fully saturated rings. The fourth-order valence-electron chi connectivity index (χ4n) is 2.12. The third-order valence-electron chi connectivity index (χ3n) is 3.11. The van der Waals surface area contributed by atoms with Crippen molar-refractivity contribution < 1.29 is 9.47 Å². The first kappa shape index (κ1) is 15.2. The van der Waals surface area contributed by atoms with Crippen LogP contribution in [0.15, 0.2) is 46.9 Å². The third-order valence-corrected chi connectivity index (χ3v) is 4.01. The molecule has 0 aromatic heterocycles. The average Bonchev–Trinajstić information content (AvgIpc) is 2.48. The van der Waals surface area contributed by atoms with Gasteiger partial charge in [-0.2, -0.15) is 0 Å². The highest BCUT2D eigenvalue weighted by Gasteiger charge is 2.19. The summed E-state index contributed by atoms with van der Waals surface area (Å²) < 4.78 is 11.8. The van der Waals surface area contributed by atoms with Crippen LogP contribution in [0.25, 0.3) is 0 Å². The number of rotatable bonds is 5. The summed E-state index contributed by atoms with van der Waals surface area (Å²) in [5.41, 5.74) is 2.06. The summed E-state index contributed by atoms with van der Waals surface area (Å²) in [4.78, 5) is 0. The van der Waals surface area contributed by atoms with Gasteiger partial charge in [-0.05, 0) is 36.2 Å². The van der Waals surface area contributed by atoms with Crippen molar-refractivity contribution in [1.29, 1.82) is 0 Å². The van der Waals surface area contributed by atoms with E-state index >= 15 is 0 Å². The van der Waals surface area contributed by atoms with E-state index < -0.39 is 0 Å². The summed E-state index contributed by atoms with van der Waals surface area (Å²) in [5.74, 6) is 1.50. The summed E-state index contributed by atoms with van der Waals surface area (Å²) in [6.07, 6.45) is 0.714. The molecule has 0 aliphatic carbocycles. The number of hydrogen-bond acceptors (Lipinski definition) is 2. The van der Waals surface area contributed by atoms with E-state index in [1.165, 1.54) is 5.56 Å². The maximum Gasteiger partial charge on any atom is 0.127 e. The first-order valence-electron chi connectivity index (χ1n) is 6.25. The van der Waals surface area contributed by atoms with Gasteiger partial charge in [-0.3, -0.25) is 0 Å². The van der Waals surface area contributed by atoms with Gasteiger partial charge in [0, 0.05) is 4.47 Å². The molecule has 20 heavy (non-hydrogen) atoms. The second-order valence-electron chi connectivity index (χ2n) is 4.37. The quantitative estimate of drug-likeness (QED) is 0.704. The molecule has 2 aromatic carbocycles. The van der Waals surface area contributed by atoms with Gasteiger partial charge in [-0.15, -0.1) is 11.6 Å². The van der Waals surface area contributed by atoms with Crippen molar-refractivity contribution in [1.82, 2.24) is 0 Å². The van der Waals surface area contributed by atoms with Crippen molar-refractivity contribution in [3.05, 3.63) is 58.1 Å². The van der Waals surface area contributed by atoms with E-state index in [4.69, 9.17) is 21.1 Å². The molecule has 0 saturated carbocycles. The molecule has 1 atom stereocenters. The number of alkyl halides is 1. The molecule has 2 rings (SSSR count). The van der Waals surface area contributed by atoms with E-state index in [2.05, 4.69) is 28.1 Å². The number of halogens is 2. The molecular weight excluding hydrogens is 340 g/mol. The van der Waals surface area contributed by atoms with Gasteiger partial charge < -0.3 is 9.47 Å². The van der Waals surface area contributed by atoms with E-state index in [-0.39, 0.29) is 5.38 Å². The third kappa shape index (κ3) is 3.47. The largest absolute Gasteiger partial charge is 0.496 e. The normalized spacial score (nSPS) is 12.0. The van der Waals surface area contributed by atoms with Crippen LogP contribution in [0.1, 0.15) is 16.5 Å². The standard InChI is InChI=1S/C16H16BrClO2/c1-19-14-4-3-5-15(20-2)16(14)13(18)10-11-6-8-12(17)9-7-11/h3-9,13H,10H2,1-2H3. The van der Waals surface area contributed by atoms with Gasteiger partial charge in [0.2, 0.25) is 0 Å². The first-order valence-corrected chi connectivity index (χ1v) is 7.48. The Morgan fingerprint density at radius 1 is 1.00 bits per heavy atom. The lowest BCUT2D eigenvalue weighted by atomic mass is 10.0. The highest BCUT2D eigenvalue weighted by atomic mass is 79.9. The molecule has 0 aliphatic rings. The second kappa shape index (κ2) is 7.00. The molecule has 4 heteroatoms. The molecule has 0 radical (unpaired) electrons. The molecule has 0 N–H and O–H groups in total. The lowest BCUT2D eigenvalue weighted by Gasteiger charge is -2.17. The maximum atomic E-state index is 6.58. The Morgan fingerprint density at radius 3 is 2.05 bits per heavy atom. The molecular formula is C16H16BrClO2. The molecule has 1 unspecified atom stereocenters. The molecule has 0 saturated heterocycles. The number of methoxy groups -OCH3 is 2. The van der Waals surface area contributed by atoms with Crippen LogP contribution in [0.2, 0.25) is 0 Å². The van der Waals surface area contributed by atoms with Crippen molar-refractivity contribution in [2.45, 2.75) is 11.8 Å². The Morgan fingerprint density at radius 2 is 1.55 bits per heavy atom. The highest BCUT2D eigenvalue weighted by molar-refractivity contribution is 9.10. The molecule has 106 valence electrons. The molecule has 0 bridgehead atoms. The van der Waals surface area contributed by atoms with E-state index in [0.717, 1.165) is 21.5 Å². The second-order valence-corrected chi connectivity index (χ2v) is 5.82. The fraction of sp³-hybridized carbons (Fsp3) is 0.250. The van der Waals surface area contributed by atoms with E-state index in [1.807, 2.05) is 30.3 Å². The van der Waals surface area contributed by atoms with Gasteiger partial charge in [0.05, 0.1) is 25.2 Å². The Bertz CT molecular complexity index is 547. The topological polar surface area (TPSA) is 18.5 Å². The zero-order chi connectivity index (χ0) is 14.5. The van der Waals surface area contributed by atoms with Gasteiger partial charge in [0.1, 0.15) is 11.5 Å². The smallest absolute Gasteiger partial charge is 0.127 e. The molecule has 2 nitrogen and oxygen atoms in total. The van der Waals surface area contributed by atoms with Crippen molar-refractivity contribution in [2.75, 3.05) is 14.2 Å². The summed E-state index contributed by atoms with van der Waals surface area (Å²) in [5, 5.41) is -0.206. The summed E-state index contributed by atoms with van der Waals surface area (Å²) in [6, 6.07) is 13.8. The highest BCUT2D eigenvalue weighted by Crippen LogP contribution is 2.39. The number of ether oxygens (including phenoxy) is 2. The zero-order valence-electron chi connectivity index (χ0n) is 11.4. The Labute approximate surface area is 132 Å². The minimum absolute atomic E-state index is 0.206. The first-order chi connectivity index (χ1) is 9.65. The van der Waals surface area contributed by atoms with Crippen LogP contribution in [0.5, 0.6) is 11.5 Å². The van der Waals surface area contributed by atoms with Crippen molar-refractivity contribution in [3.63, 3.8) is 0 Å². The predicted molar refractivity (Wildman–Crippen MR) is 86.0 cm³/mol. The Balaban J connectivity index is 2.28. The van der Waals surface area contributed by atoms with Gasteiger partial charge in [0.15, 0.2) is 0 Å². The maximum absolute atomic E-state index is 6.58. The predicted octanol–water partition coefficient (Wildman–Crippen LogP) is 4.99.